The Hall–Kier alpha value is -3.23. The summed E-state index contributed by atoms with van der Waals surface area (Å²) in [5.74, 6) is -0.793. The molecule has 2 heterocycles. The first-order valence-corrected chi connectivity index (χ1v) is 12.6. The molecule has 0 radical (unpaired) electrons. The zero-order chi connectivity index (χ0) is 25.8. The molecule has 1 aromatic carbocycles. The molecule has 1 aliphatic carbocycles. The summed E-state index contributed by atoms with van der Waals surface area (Å²) in [4.78, 5) is 33.1. The zero-order valence-electron chi connectivity index (χ0n) is 21.2. The number of carbonyl (C=O) groups excluding carboxylic acids is 1. The second kappa shape index (κ2) is 11.2. The van der Waals surface area contributed by atoms with Gasteiger partial charge >= 0.3 is 5.97 Å². The molecule has 0 spiro atoms. The molecule has 2 aliphatic rings. The average Bonchev–Trinajstić information content (AvgIpc) is 3.41. The number of allylic oxidation sites excluding steroid dienone is 2. The van der Waals surface area contributed by atoms with Crippen LogP contribution in [0.25, 0.3) is 5.57 Å². The summed E-state index contributed by atoms with van der Waals surface area (Å²) in [6.07, 6.45) is 6.88. The van der Waals surface area contributed by atoms with Crippen molar-refractivity contribution >= 4 is 17.4 Å². The molecule has 0 fully saturated rings. The van der Waals surface area contributed by atoms with Crippen molar-refractivity contribution in [2.24, 2.45) is 5.92 Å². The van der Waals surface area contributed by atoms with Gasteiger partial charge in [-0.3, -0.25) is 9.69 Å². The average molecular weight is 494 g/mol. The number of aromatic carboxylic acids is 1. The van der Waals surface area contributed by atoms with Gasteiger partial charge in [0.25, 0.3) is 5.91 Å². The Morgan fingerprint density at radius 2 is 2.06 bits per heavy atom. The van der Waals surface area contributed by atoms with E-state index in [0.29, 0.717) is 31.1 Å². The van der Waals surface area contributed by atoms with Crippen LogP contribution < -0.4 is 4.74 Å². The molecule has 1 amide bonds. The van der Waals surface area contributed by atoms with Gasteiger partial charge in [0.15, 0.2) is 0 Å². The molecular formula is C28H35N3O5. The van der Waals surface area contributed by atoms with E-state index in [1.807, 2.05) is 39.1 Å². The number of carboxylic acids is 1. The van der Waals surface area contributed by atoms with Gasteiger partial charge in [-0.05, 0) is 68.1 Å². The molecule has 2 N–H and O–H groups in total. The van der Waals surface area contributed by atoms with E-state index < -0.39 is 5.97 Å². The smallest absolute Gasteiger partial charge is 0.335 e. The number of nitrogens with zero attached hydrogens (tertiary/aromatic N) is 3. The number of hydrogen-bond acceptors (Lipinski definition) is 6. The van der Waals surface area contributed by atoms with E-state index in [1.54, 1.807) is 23.2 Å². The highest BCUT2D eigenvalue weighted by Crippen LogP contribution is 2.32. The lowest BCUT2D eigenvalue weighted by atomic mass is 9.99. The van der Waals surface area contributed by atoms with Crippen molar-refractivity contribution in [1.29, 1.82) is 0 Å². The van der Waals surface area contributed by atoms with Crippen molar-refractivity contribution in [2.45, 2.75) is 51.8 Å². The molecule has 1 aliphatic heterocycles. The van der Waals surface area contributed by atoms with E-state index in [-0.39, 0.29) is 36.1 Å². The monoisotopic (exact) mass is 493 g/mol. The van der Waals surface area contributed by atoms with Crippen molar-refractivity contribution in [1.82, 2.24) is 14.8 Å². The topological polar surface area (TPSA) is 103 Å². The first-order valence-electron chi connectivity index (χ1n) is 12.6. The van der Waals surface area contributed by atoms with Crippen molar-refractivity contribution in [2.75, 3.05) is 26.7 Å². The van der Waals surface area contributed by atoms with E-state index in [9.17, 15) is 14.7 Å². The fourth-order valence-electron chi connectivity index (χ4n) is 4.87. The third kappa shape index (κ3) is 5.77. The number of likely N-dealkylation sites (N-methyl/N-ethyl adjacent to an activating group) is 1. The van der Waals surface area contributed by atoms with E-state index >= 15 is 0 Å². The van der Waals surface area contributed by atoms with Gasteiger partial charge in [-0.15, -0.1) is 0 Å². The van der Waals surface area contributed by atoms with Crippen molar-refractivity contribution in [3.8, 4) is 5.88 Å². The van der Waals surface area contributed by atoms with Crippen LogP contribution in [-0.2, 0) is 6.54 Å². The number of carbonyl (C=O) groups is 2. The van der Waals surface area contributed by atoms with Crippen LogP contribution in [0.1, 0.15) is 65.0 Å². The molecule has 36 heavy (non-hydrogen) atoms. The quantitative estimate of drug-likeness (QED) is 0.578. The Morgan fingerprint density at radius 1 is 1.31 bits per heavy atom. The lowest BCUT2D eigenvalue weighted by molar-refractivity contribution is 0.0325. The highest BCUT2D eigenvalue weighted by Gasteiger charge is 2.34. The van der Waals surface area contributed by atoms with Crippen LogP contribution in [-0.4, -0.2) is 75.8 Å². The van der Waals surface area contributed by atoms with Crippen molar-refractivity contribution in [3.05, 3.63) is 64.9 Å². The number of hydrogen-bond donors (Lipinski definition) is 2. The van der Waals surface area contributed by atoms with Gasteiger partial charge in [0.05, 0.1) is 18.2 Å². The second-order valence-electron chi connectivity index (χ2n) is 10.0. The number of amides is 1. The minimum atomic E-state index is -0.943. The summed E-state index contributed by atoms with van der Waals surface area (Å²) in [5, 5.41) is 19.0. The van der Waals surface area contributed by atoms with E-state index in [0.717, 1.165) is 30.4 Å². The lowest BCUT2D eigenvalue weighted by Crippen LogP contribution is -2.49. The van der Waals surface area contributed by atoms with Crippen LogP contribution in [0.3, 0.4) is 0 Å². The lowest BCUT2D eigenvalue weighted by Gasteiger charge is -2.37. The number of pyridine rings is 1. The molecule has 0 bridgehead atoms. The first kappa shape index (κ1) is 25.9. The molecule has 0 unspecified atom stereocenters. The third-order valence-corrected chi connectivity index (χ3v) is 7.08. The van der Waals surface area contributed by atoms with Crippen LogP contribution in [0.15, 0.2) is 42.6 Å². The number of aliphatic hydroxyl groups is 1. The third-order valence-electron chi connectivity index (χ3n) is 7.08. The maximum atomic E-state index is 13.6. The molecule has 0 saturated carbocycles. The summed E-state index contributed by atoms with van der Waals surface area (Å²) >= 11 is 0. The van der Waals surface area contributed by atoms with Gasteiger partial charge in [0.1, 0.15) is 11.7 Å². The number of rotatable bonds is 8. The summed E-state index contributed by atoms with van der Waals surface area (Å²) in [6, 6.07) is 8.42. The summed E-state index contributed by atoms with van der Waals surface area (Å²) in [5.41, 5.74) is 3.85. The molecular weight excluding hydrogens is 458 g/mol. The predicted molar refractivity (Wildman–Crippen MR) is 137 cm³/mol. The highest BCUT2D eigenvalue weighted by molar-refractivity contribution is 5.97. The summed E-state index contributed by atoms with van der Waals surface area (Å²) in [7, 11) is 1.99. The standard InChI is InChI=1S/C28H35N3O5/c1-18-14-31(19(2)17-32)27(33)24-12-23(21-6-4-5-7-21)13-29-26(24)36-25(18)16-30(3)15-20-8-10-22(11-9-20)28(34)35/h6,8-13,18-19,25,32H,4-5,7,14-17H2,1-3H3,(H,34,35)/t18-,19-,25-/m0/s1. The minimum Gasteiger partial charge on any atom is -0.478 e. The Balaban J connectivity index is 1.58. The summed E-state index contributed by atoms with van der Waals surface area (Å²) in [6.45, 7) is 5.45. The molecule has 2 aromatic rings. The van der Waals surface area contributed by atoms with Crippen molar-refractivity contribution in [3.63, 3.8) is 0 Å². The van der Waals surface area contributed by atoms with Gasteiger partial charge in [-0.2, -0.15) is 0 Å². The number of aliphatic hydroxyl groups excluding tert-OH is 1. The number of benzene rings is 1. The Morgan fingerprint density at radius 3 is 2.69 bits per heavy atom. The first-order chi connectivity index (χ1) is 17.3. The van der Waals surface area contributed by atoms with Gasteiger partial charge in [-0.1, -0.05) is 25.1 Å². The molecule has 8 heteroatoms. The molecule has 3 atom stereocenters. The minimum absolute atomic E-state index is 0.00745. The maximum absolute atomic E-state index is 13.6. The van der Waals surface area contributed by atoms with Crippen LogP contribution in [0.4, 0.5) is 0 Å². The molecule has 4 rings (SSSR count). The van der Waals surface area contributed by atoms with Crippen molar-refractivity contribution < 1.29 is 24.5 Å². The largest absolute Gasteiger partial charge is 0.478 e. The van der Waals surface area contributed by atoms with Gasteiger partial charge in [-0.25, -0.2) is 9.78 Å². The van der Waals surface area contributed by atoms with Gasteiger partial charge < -0.3 is 19.8 Å². The molecule has 8 nitrogen and oxygen atoms in total. The Kier molecular flexibility index (Phi) is 8.06. The molecule has 1 aromatic heterocycles. The van der Waals surface area contributed by atoms with Crippen LogP contribution in [0.2, 0.25) is 0 Å². The normalized spacial score (nSPS) is 20.9. The van der Waals surface area contributed by atoms with Crippen LogP contribution in [0.5, 0.6) is 5.88 Å². The SMILES string of the molecule is C[C@H]1CN([C@@H](C)CO)C(=O)c2cc(C3=CCCC3)cnc2O[C@H]1CN(C)Cc1ccc(C(=O)O)cc1. The highest BCUT2D eigenvalue weighted by atomic mass is 16.5. The second-order valence-corrected chi connectivity index (χ2v) is 10.0. The Labute approximate surface area is 212 Å². The Bertz CT molecular complexity index is 1130. The zero-order valence-corrected chi connectivity index (χ0v) is 21.2. The number of carboxylic acid groups (broad SMARTS) is 1. The van der Waals surface area contributed by atoms with Crippen LogP contribution >= 0.6 is 0 Å². The number of fused-ring (bicyclic) bond motifs is 1. The molecule has 0 saturated heterocycles. The van der Waals surface area contributed by atoms with E-state index in [1.165, 1.54) is 5.57 Å². The van der Waals surface area contributed by atoms with Crippen LogP contribution in [0, 0.1) is 5.92 Å². The maximum Gasteiger partial charge on any atom is 0.335 e. The number of aromatic nitrogens is 1. The fraction of sp³-hybridized carbons (Fsp3) is 0.464. The molecule has 192 valence electrons. The van der Waals surface area contributed by atoms with Gasteiger partial charge in [0, 0.05) is 31.7 Å². The van der Waals surface area contributed by atoms with E-state index in [2.05, 4.69) is 16.0 Å². The summed E-state index contributed by atoms with van der Waals surface area (Å²) < 4.78 is 6.40. The number of ether oxygens (including phenoxy) is 1. The van der Waals surface area contributed by atoms with E-state index in [4.69, 9.17) is 9.84 Å². The fourth-order valence-corrected chi connectivity index (χ4v) is 4.87. The predicted octanol–water partition coefficient (Wildman–Crippen LogP) is 3.70. The van der Waals surface area contributed by atoms with Gasteiger partial charge in [0.2, 0.25) is 5.88 Å².